The van der Waals surface area contributed by atoms with Gasteiger partial charge in [-0.3, -0.25) is 20.0 Å². The highest BCUT2D eigenvalue weighted by molar-refractivity contribution is 7.11. The molecule has 1 aliphatic heterocycles. The number of hydrazine groups is 1. The van der Waals surface area contributed by atoms with Crippen molar-refractivity contribution in [1.29, 1.82) is 0 Å². The molecule has 35 heavy (non-hydrogen) atoms. The van der Waals surface area contributed by atoms with Gasteiger partial charge in [-0.1, -0.05) is 24.8 Å². The maximum absolute atomic E-state index is 13.4. The largest absolute Gasteiger partial charge is 0.350 e. The number of nitrogens with zero attached hydrogens (tertiary/aromatic N) is 5. The zero-order chi connectivity index (χ0) is 24.8. The van der Waals surface area contributed by atoms with Crippen LogP contribution in [0.2, 0.25) is 0 Å². The maximum atomic E-state index is 13.4. The lowest BCUT2D eigenvalue weighted by atomic mass is 10.1. The van der Waals surface area contributed by atoms with Gasteiger partial charge >= 0.3 is 0 Å². The number of benzene rings is 1. The third-order valence-corrected chi connectivity index (χ3v) is 6.64. The van der Waals surface area contributed by atoms with E-state index in [9.17, 15) is 9.59 Å². The molecule has 2 aromatic heterocycles. The number of hydrogen-bond donors (Lipinski definition) is 2. The minimum atomic E-state index is -0.222. The van der Waals surface area contributed by atoms with E-state index in [1.54, 1.807) is 28.9 Å². The third-order valence-electron chi connectivity index (χ3n) is 5.88. The number of amides is 2. The van der Waals surface area contributed by atoms with Gasteiger partial charge in [-0.05, 0) is 50.3 Å². The van der Waals surface area contributed by atoms with Crippen LogP contribution in [0.3, 0.4) is 0 Å². The number of carbonyl (C=O) groups excluding carboxylic acids is 2. The topological polar surface area (TPSA) is 103 Å². The Morgan fingerprint density at radius 1 is 1.23 bits per heavy atom. The molecular weight excluding hydrogens is 462 g/mol. The molecule has 2 amide bonds. The van der Waals surface area contributed by atoms with Gasteiger partial charge in [-0.25, -0.2) is 9.99 Å². The van der Waals surface area contributed by atoms with E-state index in [2.05, 4.69) is 32.3 Å². The molecule has 1 aromatic carbocycles. The van der Waals surface area contributed by atoms with E-state index in [0.29, 0.717) is 23.2 Å². The summed E-state index contributed by atoms with van der Waals surface area (Å²) in [6.07, 6.45) is 7.41. The zero-order valence-corrected chi connectivity index (χ0v) is 20.7. The monoisotopic (exact) mass is 491 g/mol. The molecule has 0 saturated carbocycles. The fourth-order valence-corrected chi connectivity index (χ4v) is 4.72. The van der Waals surface area contributed by atoms with Crippen LogP contribution in [0.1, 0.15) is 40.1 Å². The lowest BCUT2D eigenvalue weighted by molar-refractivity contribution is -0.126. The molecule has 2 N–H and O–H groups in total. The zero-order valence-electron chi connectivity index (χ0n) is 19.9. The van der Waals surface area contributed by atoms with Crippen molar-refractivity contribution in [2.45, 2.75) is 39.2 Å². The average molecular weight is 492 g/mol. The van der Waals surface area contributed by atoms with Gasteiger partial charge in [0, 0.05) is 31.4 Å². The lowest BCUT2D eigenvalue weighted by Gasteiger charge is -2.27. The average Bonchev–Trinajstić information content (AvgIpc) is 3.29. The van der Waals surface area contributed by atoms with Gasteiger partial charge in [0.05, 0.1) is 17.4 Å². The number of para-hydroxylation sites is 1. The number of carbonyl (C=O) groups is 2. The summed E-state index contributed by atoms with van der Waals surface area (Å²) in [5, 5.41) is 4.88. The standard InChI is InChI=1S/C25H29N7O2S/c1-4-22(33)31-13-6-5-10-19(15-31)28-25-27-12-11-21(29-25)30-32(24(34)20-14-26-16-35-20)23-17(2)8-7-9-18(23)3/h4,7-9,11-12,14,16,19H,1,5-6,10,13,15H2,2-3H3,(H2,27,28,29,30). The quantitative estimate of drug-likeness (QED) is 0.377. The molecule has 0 spiro atoms. The summed E-state index contributed by atoms with van der Waals surface area (Å²) in [6.45, 7) is 8.81. The Kier molecular flexibility index (Phi) is 7.71. The Morgan fingerprint density at radius 3 is 2.74 bits per heavy atom. The molecule has 0 bridgehead atoms. The highest BCUT2D eigenvalue weighted by atomic mass is 32.1. The van der Waals surface area contributed by atoms with Crippen LogP contribution in [0.25, 0.3) is 0 Å². The van der Waals surface area contributed by atoms with E-state index in [0.717, 1.165) is 42.6 Å². The van der Waals surface area contributed by atoms with Crippen LogP contribution in [-0.2, 0) is 4.79 Å². The van der Waals surface area contributed by atoms with Gasteiger partial charge in [0.2, 0.25) is 11.9 Å². The second-order valence-electron chi connectivity index (χ2n) is 8.45. The first-order valence-corrected chi connectivity index (χ1v) is 12.4. The van der Waals surface area contributed by atoms with Crippen LogP contribution < -0.4 is 15.8 Å². The molecule has 4 rings (SSSR count). The van der Waals surface area contributed by atoms with Crippen LogP contribution in [0.4, 0.5) is 17.5 Å². The summed E-state index contributed by atoms with van der Waals surface area (Å²) in [5.41, 5.74) is 7.49. The van der Waals surface area contributed by atoms with E-state index in [1.165, 1.54) is 22.4 Å². The second-order valence-corrected chi connectivity index (χ2v) is 9.34. The highest BCUT2D eigenvalue weighted by Crippen LogP contribution is 2.27. The number of aryl methyl sites for hydroxylation is 2. The molecule has 1 saturated heterocycles. The smallest absolute Gasteiger partial charge is 0.288 e. The molecule has 0 aliphatic carbocycles. The third kappa shape index (κ3) is 5.83. The summed E-state index contributed by atoms with van der Waals surface area (Å²) in [7, 11) is 0. The summed E-state index contributed by atoms with van der Waals surface area (Å²) in [4.78, 5) is 40.9. The molecule has 1 unspecified atom stereocenters. The molecule has 0 radical (unpaired) electrons. The first-order valence-electron chi connectivity index (χ1n) is 11.5. The Labute approximate surface area is 208 Å². The van der Waals surface area contributed by atoms with Gasteiger partial charge < -0.3 is 10.2 Å². The first-order chi connectivity index (χ1) is 17.0. The van der Waals surface area contributed by atoms with Crippen LogP contribution in [0.5, 0.6) is 0 Å². The van der Waals surface area contributed by atoms with Crippen molar-refractivity contribution < 1.29 is 9.59 Å². The summed E-state index contributed by atoms with van der Waals surface area (Å²) in [6, 6.07) is 7.62. The predicted octanol–water partition coefficient (Wildman–Crippen LogP) is 4.20. The Bertz CT molecular complexity index is 1180. The molecule has 1 atom stereocenters. The first kappa shape index (κ1) is 24.3. The van der Waals surface area contributed by atoms with Crippen molar-refractivity contribution in [3.05, 3.63) is 70.8 Å². The summed E-state index contributed by atoms with van der Waals surface area (Å²) >= 11 is 1.28. The number of anilines is 3. The lowest BCUT2D eigenvalue weighted by Crippen LogP contribution is -2.39. The van der Waals surface area contributed by atoms with Crippen molar-refractivity contribution in [3.8, 4) is 0 Å². The molecule has 3 heterocycles. The number of aromatic nitrogens is 3. The number of rotatable bonds is 7. The molecular formula is C25H29N7O2S. The van der Waals surface area contributed by atoms with E-state index < -0.39 is 0 Å². The Balaban J connectivity index is 1.57. The maximum Gasteiger partial charge on any atom is 0.288 e. The van der Waals surface area contributed by atoms with Crippen LogP contribution in [0.15, 0.2) is 54.8 Å². The van der Waals surface area contributed by atoms with E-state index in [1.807, 2.05) is 32.0 Å². The van der Waals surface area contributed by atoms with E-state index in [-0.39, 0.29) is 17.9 Å². The minimum absolute atomic E-state index is 0.0187. The van der Waals surface area contributed by atoms with Crippen molar-refractivity contribution in [3.63, 3.8) is 0 Å². The molecule has 3 aromatic rings. The Morgan fingerprint density at radius 2 is 2.03 bits per heavy atom. The second kappa shape index (κ2) is 11.1. The molecule has 182 valence electrons. The molecule has 1 fully saturated rings. The van der Waals surface area contributed by atoms with Gasteiger partial charge in [0.1, 0.15) is 4.88 Å². The van der Waals surface area contributed by atoms with Gasteiger partial charge in [-0.2, -0.15) is 4.98 Å². The molecule has 9 nitrogen and oxygen atoms in total. The minimum Gasteiger partial charge on any atom is -0.350 e. The molecule has 1 aliphatic rings. The van der Waals surface area contributed by atoms with Crippen LogP contribution in [-0.4, -0.2) is 50.8 Å². The SMILES string of the molecule is C=CC(=O)N1CCCCC(Nc2nccc(NN(C(=O)c3cncs3)c3c(C)cccc3C)n2)C1. The van der Waals surface area contributed by atoms with Crippen LogP contribution >= 0.6 is 11.3 Å². The van der Waals surface area contributed by atoms with E-state index in [4.69, 9.17) is 0 Å². The summed E-state index contributed by atoms with van der Waals surface area (Å²) < 4.78 is 0. The number of likely N-dealkylation sites (tertiary alicyclic amines) is 1. The Hall–Kier alpha value is -3.79. The van der Waals surface area contributed by atoms with Crippen molar-refractivity contribution in [2.75, 3.05) is 28.8 Å². The fraction of sp³-hybridized carbons (Fsp3) is 0.320. The van der Waals surface area contributed by atoms with Crippen molar-refractivity contribution in [1.82, 2.24) is 19.9 Å². The van der Waals surface area contributed by atoms with Crippen molar-refractivity contribution >= 4 is 40.6 Å². The van der Waals surface area contributed by atoms with Gasteiger partial charge in [0.15, 0.2) is 5.82 Å². The van der Waals surface area contributed by atoms with E-state index >= 15 is 0 Å². The number of thiazole rings is 1. The molecule has 10 heteroatoms. The number of nitrogens with one attached hydrogen (secondary N) is 2. The van der Waals surface area contributed by atoms with Gasteiger partial charge in [0.25, 0.3) is 5.91 Å². The fourth-order valence-electron chi connectivity index (χ4n) is 4.17. The highest BCUT2D eigenvalue weighted by Gasteiger charge is 2.24. The summed E-state index contributed by atoms with van der Waals surface area (Å²) in [5.74, 6) is 0.608. The normalized spacial score (nSPS) is 15.7. The van der Waals surface area contributed by atoms with Crippen molar-refractivity contribution in [2.24, 2.45) is 0 Å². The van der Waals surface area contributed by atoms with Crippen LogP contribution in [0, 0.1) is 13.8 Å². The number of hydrogen-bond acceptors (Lipinski definition) is 8. The predicted molar refractivity (Wildman–Crippen MR) is 139 cm³/mol. The van der Waals surface area contributed by atoms with Gasteiger partial charge in [-0.15, -0.1) is 11.3 Å².